The molecule has 154 valence electrons. The van der Waals surface area contributed by atoms with E-state index in [0.717, 1.165) is 11.3 Å². The third-order valence-corrected chi connectivity index (χ3v) is 5.09. The van der Waals surface area contributed by atoms with Gasteiger partial charge in [0.1, 0.15) is 5.60 Å². The number of aromatic nitrogens is 1. The Balaban J connectivity index is 1.79. The highest BCUT2D eigenvalue weighted by atomic mass is 16.6. The number of carbonyl (C=O) groups excluding carboxylic acids is 2. The van der Waals surface area contributed by atoms with Crippen LogP contribution in [-0.2, 0) is 9.53 Å². The Bertz CT molecular complexity index is 833. The lowest BCUT2D eigenvalue weighted by Crippen LogP contribution is -2.39. The molecule has 2 heterocycles. The van der Waals surface area contributed by atoms with E-state index in [9.17, 15) is 9.59 Å². The van der Waals surface area contributed by atoms with Crippen LogP contribution in [0.4, 0.5) is 4.79 Å². The van der Waals surface area contributed by atoms with Gasteiger partial charge in [-0.2, -0.15) is 0 Å². The van der Waals surface area contributed by atoms with Gasteiger partial charge in [0.2, 0.25) is 5.91 Å². The zero-order valence-corrected chi connectivity index (χ0v) is 17.5. The van der Waals surface area contributed by atoms with Crippen molar-refractivity contribution in [2.24, 2.45) is 5.92 Å². The summed E-state index contributed by atoms with van der Waals surface area (Å²) in [4.78, 5) is 31.6. The van der Waals surface area contributed by atoms with Gasteiger partial charge in [-0.15, -0.1) is 0 Å². The summed E-state index contributed by atoms with van der Waals surface area (Å²) in [5.41, 5.74) is 1.22. The van der Waals surface area contributed by atoms with Gasteiger partial charge in [-0.05, 0) is 45.4 Å². The Labute approximate surface area is 172 Å². The summed E-state index contributed by atoms with van der Waals surface area (Å²) in [6.07, 6.45) is 1.55. The summed E-state index contributed by atoms with van der Waals surface area (Å²) in [6.45, 7) is 8.05. The van der Waals surface area contributed by atoms with Gasteiger partial charge < -0.3 is 15.0 Å². The second-order valence-electron chi connectivity index (χ2n) is 8.48. The average Bonchev–Trinajstić information content (AvgIpc) is 3.07. The molecule has 3 atom stereocenters. The predicted molar refractivity (Wildman–Crippen MR) is 111 cm³/mol. The Morgan fingerprint density at radius 2 is 1.86 bits per heavy atom. The van der Waals surface area contributed by atoms with Gasteiger partial charge in [0.15, 0.2) is 0 Å². The molecule has 3 rings (SSSR count). The van der Waals surface area contributed by atoms with E-state index in [1.165, 1.54) is 0 Å². The van der Waals surface area contributed by atoms with E-state index in [1.54, 1.807) is 6.20 Å². The SMILES string of the molecule is CC(c1ccccc1)N1CC([C@@H](NC(=O)OC(C)(C)C)c2ccccn2)CC1=O. The number of likely N-dealkylation sites (tertiary alicyclic amines) is 1. The maximum atomic E-state index is 12.8. The molecule has 2 unspecified atom stereocenters. The predicted octanol–water partition coefficient (Wildman–Crippen LogP) is 4.26. The van der Waals surface area contributed by atoms with Gasteiger partial charge in [-0.3, -0.25) is 9.78 Å². The number of ether oxygens (including phenoxy) is 1. The molecule has 6 nitrogen and oxygen atoms in total. The van der Waals surface area contributed by atoms with Gasteiger partial charge in [0.25, 0.3) is 0 Å². The fourth-order valence-corrected chi connectivity index (χ4v) is 3.70. The van der Waals surface area contributed by atoms with E-state index < -0.39 is 17.7 Å². The van der Waals surface area contributed by atoms with Gasteiger partial charge >= 0.3 is 6.09 Å². The van der Waals surface area contributed by atoms with E-state index in [4.69, 9.17) is 4.74 Å². The quantitative estimate of drug-likeness (QED) is 0.821. The van der Waals surface area contributed by atoms with Crippen molar-refractivity contribution >= 4 is 12.0 Å². The summed E-state index contributed by atoms with van der Waals surface area (Å²) >= 11 is 0. The molecule has 0 bridgehead atoms. The fraction of sp³-hybridized carbons (Fsp3) is 0.435. The molecule has 2 amide bonds. The monoisotopic (exact) mass is 395 g/mol. The first kappa shape index (κ1) is 20.8. The summed E-state index contributed by atoms with van der Waals surface area (Å²) in [5.74, 6) is -0.00523. The van der Waals surface area contributed by atoms with Crippen LogP contribution in [-0.4, -0.2) is 34.0 Å². The molecule has 1 aliphatic rings. The normalized spacial score (nSPS) is 19.0. The number of nitrogens with one attached hydrogen (secondary N) is 1. The number of alkyl carbamates (subject to hydrolysis) is 1. The smallest absolute Gasteiger partial charge is 0.408 e. The second-order valence-corrected chi connectivity index (χ2v) is 8.48. The van der Waals surface area contributed by atoms with Crippen molar-refractivity contribution in [2.45, 2.75) is 51.8 Å². The fourth-order valence-electron chi connectivity index (χ4n) is 3.70. The van der Waals surface area contributed by atoms with Crippen LogP contribution in [0.5, 0.6) is 0 Å². The Morgan fingerprint density at radius 1 is 1.17 bits per heavy atom. The van der Waals surface area contributed by atoms with Crippen LogP contribution in [0.1, 0.15) is 57.5 Å². The first-order valence-corrected chi connectivity index (χ1v) is 9.99. The summed E-state index contributed by atoms with van der Waals surface area (Å²) < 4.78 is 5.44. The number of pyridine rings is 1. The summed E-state index contributed by atoms with van der Waals surface area (Å²) in [7, 11) is 0. The average molecular weight is 396 g/mol. The number of benzene rings is 1. The molecular formula is C23H29N3O3. The van der Waals surface area contributed by atoms with E-state index in [2.05, 4.69) is 10.3 Å². The van der Waals surface area contributed by atoms with Crippen LogP contribution in [0.25, 0.3) is 0 Å². The number of hydrogen-bond acceptors (Lipinski definition) is 4. The summed E-state index contributed by atoms with van der Waals surface area (Å²) in [5, 5.41) is 2.95. The maximum Gasteiger partial charge on any atom is 0.408 e. The third kappa shape index (κ3) is 5.34. The molecule has 1 fully saturated rings. The Kier molecular flexibility index (Phi) is 6.20. The van der Waals surface area contributed by atoms with Crippen LogP contribution in [0.3, 0.4) is 0 Å². The van der Waals surface area contributed by atoms with Crippen LogP contribution in [0, 0.1) is 5.92 Å². The molecular weight excluding hydrogens is 366 g/mol. The van der Waals surface area contributed by atoms with Crippen molar-refractivity contribution in [3.63, 3.8) is 0 Å². The topological polar surface area (TPSA) is 71.5 Å². The van der Waals surface area contributed by atoms with Crippen molar-refractivity contribution in [3.8, 4) is 0 Å². The third-order valence-electron chi connectivity index (χ3n) is 5.09. The number of amides is 2. The van der Waals surface area contributed by atoms with Crippen LogP contribution in [0.2, 0.25) is 0 Å². The van der Waals surface area contributed by atoms with E-state index in [1.807, 2.05) is 81.1 Å². The molecule has 0 spiro atoms. The van der Waals surface area contributed by atoms with Gasteiger partial charge in [-0.1, -0.05) is 36.4 Å². The molecule has 1 saturated heterocycles. The molecule has 1 aliphatic heterocycles. The van der Waals surface area contributed by atoms with Crippen molar-refractivity contribution in [1.82, 2.24) is 15.2 Å². The van der Waals surface area contributed by atoms with Crippen LogP contribution in [0.15, 0.2) is 54.7 Å². The van der Waals surface area contributed by atoms with E-state index in [0.29, 0.717) is 13.0 Å². The van der Waals surface area contributed by atoms with Gasteiger partial charge in [-0.25, -0.2) is 4.79 Å². The second kappa shape index (κ2) is 8.64. The number of rotatable bonds is 5. The molecule has 1 aromatic carbocycles. The van der Waals surface area contributed by atoms with Crippen molar-refractivity contribution in [3.05, 3.63) is 66.0 Å². The van der Waals surface area contributed by atoms with Crippen molar-refractivity contribution in [2.75, 3.05) is 6.54 Å². The highest BCUT2D eigenvalue weighted by molar-refractivity contribution is 5.79. The molecule has 0 radical (unpaired) electrons. The van der Waals surface area contributed by atoms with Crippen LogP contribution >= 0.6 is 0 Å². The lowest BCUT2D eigenvalue weighted by Gasteiger charge is -2.28. The lowest BCUT2D eigenvalue weighted by molar-refractivity contribution is -0.129. The van der Waals surface area contributed by atoms with Gasteiger partial charge in [0.05, 0.1) is 17.8 Å². The molecule has 0 aliphatic carbocycles. The minimum Gasteiger partial charge on any atom is -0.444 e. The molecule has 6 heteroatoms. The number of carbonyl (C=O) groups is 2. The Hall–Kier alpha value is -2.89. The first-order valence-electron chi connectivity index (χ1n) is 9.99. The molecule has 1 aromatic heterocycles. The standard InChI is InChI=1S/C23H29N3O3/c1-16(17-10-6-5-7-11-17)26-15-18(14-20(26)27)21(19-12-8-9-13-24-19)25-22(28)29-23(2,3)4/h5-13,16,18,21H,14-15H2,1-4H3,(H,25,28)/t16?,18?,21-/m1/s1. The first-order chi connectivity index (χ1) is 13.7. The lowest BCUT2D eigenvalue weighted by atomic mass is 9.95. The van der Waals surface area contributed by atoms with Crippen molar-refractivity contribution < 1.29 is 14.3 Å². The largest absolute Gasteiger partial charge is 0.444 e. The Morgan fingerprint density at radius 3 is 2.48 bits per heavy atom. The minimum absolute atomic E-state index is 0.0281. The van der Waals surface area contributed by atoms with Crippen molar-refractivity contribution in [1.29, 1.82) is 0 Å². The highest BCUT2D eigenvalue weighted by Crippen LogP contribution is 2.35. The summed E-state index contributed by atoms with van der Waals surface area (Å²) in [6, 6.07) is 15.1. The highest BCUT2D eigenvalue weighted by Gasteiger charge is 2.39. The zero-order chi connectivity index (χ0) is 21.0. The molecule has 2 aromatic rings. The number of nitrogens with zero attached hydrogens (tertiary/aromatic N) is 2. The molecule has 29 heavy (non-hydrogen) atoms. The molecule has 0 saturated carbocycles. The zero-order valence-electron chi connectivity index (χ0n) is 17.5. The minimum atomic E-state index is -0.599. The maximum absolute atomic E-state index is 12.8. The van der Waals surface area contributed by atoms with Crippen LogP contribution < -0.4 is 5.32 Å². The van der Waals surface area contributed by atoms with E-state index >= 15 is 0 Å². The van der Waals surface area contributed by atoms with Gasteiger partial charge in [0, 0.05) is 25.1 Å². The van der Waals surface area contributed by atoms with E-state index in [-0.39, 0.29) is 17.9 Å². The number of hydrogen-bond donors (Lipinski definition) is 1. The molecule has 1 N–H and O–H groups in total.